The summed E-state index contributed by atoms with van der Waals surface area (Å²) in [7, 11) is 0. The van der Waals surface area contributed by atoms with Crippen molar-refractivity contribution in [2.24, 2.45) is 5.92 Å². The second-order valence-corrected chi connectivity index (χ2v) is 7.09. The lowest BCUT2D eigenvalue weighted by Gasteiger charge is -2.10. The molecule has 0 aliphatic rings. The number of hydrogen-bond acceptors (Lipinski definition) is 5. The number of rotatable bonds is 5. The van der Waals surface area contributed by atoms with Crippen molar-refractivity contribution in [2.75, 3.05) is 5.75 Å². The fraction of sp³-hybridized carbons (Fsp3) is 0.400. The highest BCUT2D eigenvalue weighted by atomic mass is 32.2. The molecule has 6 heteroatoms. The lowest BCUT2D eigenvalue weighted by molar-refractivity contribution is 0.671. The third-order valence-corrected chi connectivity index (χ3v) is 5.59. The molecule has 2 aromatic heterocycles. The summed E-state index contributed by atoms with van der Waals surface area (Å²) in [5, 5.41) is 10.3. The third-order valence-electron chi connectivity index (χ3n) is 3.25. The van der Waals surface area contributed by atoms with E-state index in [0.29, 0.717) is 22.8 Å². The summed E-state index contributed by atoms with van der Waals surface area (Å²) in [6, 6.07) is 2.20. The number of nitrogens with zero attached hydrogens (tertiary/aromatic N) is 3. The lowest BCUT2D eigenvalue weighted by atomic mass is 10.2. The van der Waals surface area contributed by atoms with Crippen molar-refractivity contribution in [1.82, 2.24) is 9.55 Å². The van der Waals surface area contributed by atoms with Crippen LogP contribution >= 0.6 is 23.1 Å². The summed E-state index contributed by atoms with van der Waals surface area (Å²) >= 11 is 3.00. The first-order chi connectivity index (χ1) is 9.99. The highest BCUT2D eigenvalue weighted by molar-refractivity contribution is 7.99. The number of thioether (sulfide) groups is 1. The number of thiophene rings is 1. The van der Waals surface area contributed by atoms with E-state index < -0.39 is 0 Å². The minimum atomic E-state index is -0.0772. The maximum atomic E-state index is 12.7. The van der Waals surface area contributed by atoms with Crippen molar-refractivity contribution in [1.29, 1.82) is 5.26 Å². The molecular weight excluding hydrogens is 302 g/mol. The molecule has 0 aliphatic heterocycles. The van der Waals surface area contributed by atoms with E-state index in [-0.39, 0.29) is 11.5 Å². The van der Waals surface area contributed by atoms with Gasteiger partial charge in [0.1, 0.15) is 4.83 Å². The minimum absolute atomic E-state index is 0.0196. The monoisotopic (exact) mass is 319 g/mol. The van der Waals surface area contributed by atoms with Gasteiger partial charge in [-0.05, 0) is 26.3 Å². The molecule has 0 unspecified atom stereocenters. The van der Waals surface area contributed by atoms with Crippen LogP contribution in [0.15, 0.2) is 22.6 Å². The molecule has 21 heavy (non-hydrogen) atoms. The van der Waals surface area contributed by atoms with Gasteiger partial charge in [-0.15, -0.1) is 17.9 Å². The van der Waals surface area contributed by atoms with E-state index in [1.807, 2.05) is 20.8 Å². The van der Waals surface area contributed by atoms with Gasteiger partial charge in [-0.3, -0.25) is 9.36 Å². The summed E-state index contributed by atoms with van der Waals surface area (Å²) in [5.74, 6) is 0.543. The van der Waals surface area contributed by atoms with Crippen LogP contribution in [0.1, 0.15) is 17.4 Å². The Morgan fingerprint density at radius 1 is 1.57 bits per heavy atom. The molecule has 0 saturated heterocycles. The molecule has 0 bridgehead atoms. The largest absolute Gasteiger partial charge is 0.283 e. The lowest BCUT2D eigenvalue weighted by Crippen LogP contribution is -2.23. The van der Waals surface area contributed by atoms with Gasteiger partial charge < -0.3 is 0 Å². The van der Waals surface area contributed by atoms with Gasteiger partial charge >= 0.3 is 0 Å². The normalized spacial score (nSPS) is 12.3. The topological polar surface area (TPSA) is 58.7 Å². The van der Waals surface area contributed by atoms with E-state index in [1.165, 1.54) is 11.8 Å². The number of aromatic nitrogens is 2. The Balaban J connectivity index is 2.58. The molecule has 0 fully saturated rings. The average molecular weight is 319 g/mol. The fourth-order valence-electron chi connectivity index (χ4n) is 1.95. The number of fused-ring (bicyclic) bond motifs is 1. The minimum Gasteiger partial charge on any atom is -0.283 e. The van der Waals surface area contributed by atoms with Crippen LogP contribution in [0, 0.1) is 31.1 Å². The summed E-state index contributed by atoms with van der Waals surface area (Å²) < 4.78 is 1.64. The van der Waals surface area contributed by atoms with Crippen molar-refractivity contribution in [3.63, 3.8) is 0 Å². The van der Waals surface area contributed by atoms with Gasteiger partial charge in [0.25, 0.3) is 5.56 Å². The molecule has 2 heterocycles. The van der Waals surface area contributed by atoms with Crippen LogP contribution < -0.4 is 5.56 Å². The van der Waals surface area contributed by atoms with Crippen LogP contribution in [-0.4, -0.2) is 15.3 Å². The van der Waals surface area contributed by atoms with Gasteiger partial charge in [-0.1, -0.05) is 17.8 Å². The summed E-state index contributed by atoms with van der Waals surface area (Å²) in [6.07, 6.45) is 1.70. The molecule has 110 valence electrons. The summed E-state index contributed by atoms with van der Waals surface area (Å²) in [4.78, 5) is 19.2. The molecule has 0 amide bonds. The van der Waals surface area contributed by atoms with Gasteiger partial charge in [0, 0.05) is 17.2 Å². The summed E-state index contributed by atoms with van der Waals surface area (Å²) in [5.41, 5.74) is 0.987. The zero-order valence-corrected chi connectivity index (χ0v) is 14.0. The second-order valence-electron chi connectivity index (χ2n) is 4.90. The Bertz CT molecular complexity index is 783. The predicted molar refractivity (Wildman–Crippen MR) is 89.1 cm³/mol. The van der Waals surface area contributed by atoms with Gasteiger partial charge in [0.2, 0.25) is 0 Å². The van der Waals surface area contributed by atoms with E-state index in [4.69, 9.17) is 5.26 Å². The predicted octanol–water partition coefficient (Wildman–Crippen LogP) is 3.51. The Labute approximate surface area is 132 Å². The smallest absolute Gasteiger partial charge is 0.263 e. The molecule has 0 aromatic carbocycles. The standard InChI is InChI=1S/C15H17N3OS2/c1-5-6-18-14(19)12-10(3)11(4)21-13(12)17-15(18)20-8-9(2)7-16/h5,9H,1,6,8H2,2-4H3/t9-/m0/s1. The highest BCUT2D eigenvalue weighted by Crippen LogP contribution is 2.28. The zero-order chi connectivity index (χ0) is 15.6. The van der Waals surface area contributed by atoms with Crippen LogP contribution in [0.4, 0.5) is 0 Å². The van der Waals surface area contributed by atoms with Crippen molar-refractivity contribution in [2.45, 2.75) is 32.5 Å². The Hall–Kier alpha value is -1.58. The Kier molecular flexibility index (Phi) is 4.86. The molecule has 0 radical (unpaired) electrons. The molecule has 2 rings (SSSR count). The van der Waals surface area contributed by atoms with Crippen LogP contribution in [0.2, 0.25) is 0 Å². The van der Waals surface area contributed by atoms with E-state index in [2.05, 4.69) is 17.6 Å². The van der Waals surface area contributed by atoms with E-state index >= 15 is 0 Å². The zero-order valence-electron chi connectivity index (χ0n) is 12.3. The summed E-state index contributed by atoms with van der Waals surface area (Å²) in [6.45, 7) is 9.96. The maximum absolute atomic E-state index is 12.7. The fourth-order valence-corrected chi connectivity index (χ4v) is 3.97. The number of aryl methyl sites for hydroxylation is 2. The van der Waals surface area contributed by atoms with Gasteiger partial charge in [0.15, 0.2) is 5.16 Å². The SMILES string of the molecule is C=CCn1c(SC[C@@H](C)C#N)nc2sc(C)c(C)c2c1=O. The van der Waals surface area contributed by atoms with E-state index in [1.54, 1.807) is 22.0 Å². The van der Waals surface area contributed by atoms with Gasteiger partial charge in [-0.25, -0.2) is 4.98 Å². The van der Waals surface area contributed by atoms with Crippen molar-refractivity contribution < 1.29 is 0 Å². The third kappa shape index (κ3) is 3.04. The molecule has 2 aromatic rings. The molecule has 4 nitrogen and oxygen atoms in total. The highest BCUT2D eigenvalue weighted by Gasteiger charge is 2.16. The second kappa shape index (κ2) is 6.46. The van der Waals surface area contributed by atoms with Crippen LogP contribution in [0.3, 0.4) is 0 Å². The first kappa shape index (κ1) is 15.8. The van der Waals surface area contributed by atoms with Gasteiger partial charge in [-0.2, -0.15) is 5.26 Å². The maximum Gasteiger partial charge on any atom is 0.263 e. The quantitative estimate of drug-likeness (QED) is 0.481. The molecule has 0 spiro atoms. The van der Waals surface area contributed by atoms with E-state index in [0.717, 1.165) is 15.3 Å². The van der Waals surface area contributed by atoms with Crippen molar-refractivity contribution in [3.8, 4) is 6.07 Å². The van der Waals surface area contributed by atoms with Crippen LogP contribution in [0.5, 0.6) is 0 Å². The molecule has 0 saturated carbocycles. The average Bonchev–Trinajstić information content (AvgIpc) is 2.75. The van der Waals surface area contributed by atoms with Crippen LogP contribution in [0.25, 0.3) is 10.2 Å². The first-order valence-electron chi connectivity index (χ1n) is 6.63. The molecule has 0 N–H and O–H groups in total. The Morgan fingerprint density at radius 3 is 2.90 bits per heavy atom. The number of hydrogen-bond donors (Lipinski definition) is 0. The van der Waals surface area contributed by atoms with Crippen molar-refractivity contribution in [3.05, 3.63) is 33.4 Å². The molecule has 1 atom stereocenters. The molecular formula is C15H17N3OS2. The Morgan fingerprint density at radius 2 is 2.29 bits per heavy atom. The van der Waals surface area contributed by atoms with Gasteiger partial charge in [0.05, 0.1) is 17.4 Å². The van der Waals surface area contributed by atoms with Crippen molar-refractivity contribution >= 4 is 33.3 Å². The van der Waals surface area contributed by atoms with Crippen LogP contribution in [-0.2, 0) is 6.54 Å². The molecule has 0 aliphatic carbocycles. The first-order valence-corrected chi connectivity index (χ1v) is 8.43. The number of nitriles is 1. The number of allylic oxidation sites excluding steroid dienone is 1. The van der Waals surface area contributed by atoms with E-state index in [9.17, 15) is 4.79 Å².